The number of rotatable bonds is 7. The molecule has 2 aromatic carbocycles. The van der Waals surface area contributed by atoms with Gasteiger partial charge in [0.05, 0.1) is 7.11 Å². The number of halogens is 1. The van der Waals surface area contributed by atoms with E-state index in [1.54, 1.807) is 6.07 Å². The second kappa shape index (κ2) is 8.81. The highest BCUT2D eigenvalue weighted by Crippen LogP contribution is 2.32. The molecule has 0 fully saturated rings. The van der Waals surface area contributed by atoms with E-state index < -0.39 is 15.9 Å². The van der Waals surface area contributed by atoms with Crippen LogP contribution >= 0.6 is 11.6 Å². The SMILES string of the molecule is COc1ccc(NC(=O)COc2cc(C)c(Cl)cc2C(C)C)cc1S(N)(=O)=O. The van der Waals surface area contributed by atoms with Crippen LogP contribution in [0.15, 0.2) is 35.2 Å². The first-order valence-corrected chi connectivity index (χ1v) is 10.4. The normalized spacial score (nSPS) is 11.4. The number of aryl methyl sites for hydroxylation is 1. The number of hydrogen-bond acceptors (Lipinski definition) is 5. The quantitative estimate of drug-likeness (QED) is 0.705. The largest absolute Gasteiger partial charge is 0.495 e. The summed E-state index contributed by atoms with van der Waals surface area (Å²) in [6.45, 7) is 5.60. The molecule has 0 aliphatic rings. The van der Waals surface area contributed by atoms with Crippen LogP contribution in [0.25, 0.3) is 0 Å². The van der Waals surface area contributed by atoms with Gasteiger partial charge < -0.3 is 14.8 Å². The number of carbonyl (C=O) groups excluding carboxylic acids is 1. The number of ether oxygens (including phenoxy) is 2. The van der Waals surface area contributed by atoms with E-state index in [2.05, 4.69) is 5.32 Å². The summed E-state index contributed by atoms with van der Waals surface area (Å²) in [5.41, 5.74) is 1.99. The van der Waals surface area contributed by atoms with Crippen LogP contribution in [0.1, 0.15) is 30.9 Å². The van der Waals surface area contributed by atoms with Crippen LogP contribution in [0.2, 0.25) is 5.02 Å². The molecular formula is C19H23ClN2O5S. The van der Waals surface area contributed by atoms with Crippen LogP contribution < -0.4 is 19.9 Å². The molecule has 0 atom stereocenters. The number of hydrogen-bond donors (Lipinski definition) is 2. The maximum atomic E-state index is 12.3. The van der Waals surface area contributed by atoms with Gasteiger partial charge in [0.25, 0.3) is 5.91 Å². The van der Waals surface area contributed by atoms with E-state index in [1.165, 1.54) is 25.3 Å². The van der Waals surface area contributed by atoms with E-state index in [-0.39, 0.29) is 28.9 Å². The lowest BCUT2D eigenvalue weighted by atomic mass is 10.0. The lowest BCUT2D eigenvalue weighted by Crippen LogP contribution is -2.21. The second-order valence-electron chi connectivity index (χ2n) is 6.54. The monoisotopic (exact) mass is 426 g/mol. The zero-order valence-corrected chi connectivity index (χ0v) is 17.6. The molecule has 1 amide bonds. The van der Waals surface area contributed by atoms with Gasteiger partial charge >= 0.3 is 0 Å². The molecule has 3 N–H and O–H groups in total. The van der Waals surface area contributed by atoms with Crippen molar-refractivity contribution in [3.8, 4) is 11.5 Å². The van der Waals surface area contributed by atoms with E-state index in [0.717, 1.165) is 11.1 Å². The summed E-state index contributed by atoms with van der Waals surface area (Å²) < 4.78 is 34.0. The molecular weight excluding hydrogens is 404 g/mol. The van der Waals surface area contributed by atoms with Gasteiger partial charge in [0.1, 0.15) is 16.4 Å². The molecule has 0 aromatic heterocycles. The van der Waals surface area contributed by atoms with Crippen LogP contribution in [-0.2, 0) is 14.8 Å². The van der Waals surface area contributed by atoms with Crippen LogP contribution in [0.3, 0.4) is 0 Å². The van der Waals surface area contributed by atoms with Crippen molar-refractivity contribution in [3.05, 3.63) is 46.5 Å². The van der Waals surface area contributed by atoms with Gasteiger partial charge in [0.2, 0.25) is 10.0 Å². The predicted molar refractivity (Wildman–Crippen MR) is 109 cm³/mol. The topological polar surface area (TPSA) is 108 Å². The average molecular weight is 427 g/mol. The molecule has 28 heavy (non-hydrogen) atoms. The Kier molecular flexibility index (Phi) is 6.92. The van der Waals surface area contributed by atoms with E-state index >= 15 is 0 Å². The number of primary sulfonamides is 1. The average Bonchev–Trinajstić information content (AvgIpc) is 2.61. The molecule has 2 rings (SSSR count). The lowest BCUT2D eigenvalue weighted by molar-refractivity contribution is -0.118. The number of sulfonamides is 1. The summed E-state index contributed by atoms with van der Waals surface area (Å²) in [6, 6.07) is 7.78. The molecule has 9 heteroatoms. The fraction of sp³-hybridized carbons (Fsp3) is 0.316. The Bertz CT molecular complexity index is 990. The van der Waals surface area contributed by atoms with Gasteiger partial charge in [-0.3, -0.25) is 4.79 Å². The Labute approximate surface area is 169 Å². The van der Waals surface area contributed by atoms with Crippen molar-refractivity contribution in [2.45, 2.75) is 31.6 Å². The third kappa shape index (κ3) is 5.37. The molecule has 7 nitrogen and oxygen atoms in total. The Hall–Kier alpha value is -2.29. The maximum Gasteiger partial charge on any atom is 0.262 e. The summed E-state index contributed by atoms with van der Waals surface area (Å²) >= 11 is 6.17. The van der Waals surface area contributed by atoms with Crippen molar-refractivity contribution in [1.82, 2.24) is 0 Å². The van der Waals surface area contributed by atoms with Crippen LogP contribution in [-0.4, -0.2) is 28.0 Å². The number of benzene rings is 2. The molecule has 0 saturated carbocycles. The van der Waals surface area contributed by atoms with Crippen molar-refractivity contribution < 1.29 is 22.7 Å². The highest BCUT2D eigenvalue weighted by molar-refractivity contribution is 7.89. The Morgan fingerprint density at radius 1 is 1.21 bits per heavy atom. The van der Waals surface area contributed by atoms with Crippen LogP contribution in [0, 0.1) is 6.92 Å². The fourth-order valence-corrected chi connectivity index (χ4v) is 3.46. The maximum absolute atomic E-state index is 12.3. The van der Waals surface area contributed by atoms with E-state index in [9.17, 15) is 13.2 Å². The molecule has 2 aromatic rings. The molecule has 152 valence electrons. The van der Waals surface area contributed by atoms with E-state index in [0.29, 0.717) is 10.8 Å². The zero-order valence-electron chi connectivity index (χ0n) is 16.1. The van der Waals surface area contributed by atoms with Crippen LogP contribution in [0.4, 0.5) is 5.69 Å². The van der Waals surface area contributed by atoms with Gasteiger partial charge in [0.15, 0.2) is 6.61 Å². The van der Waals surface area contributed by atoms with E-state index in [1.807, 2.05) is 26.8 Å². The minimum Gasteiger partial charge on any atom is -0.495 e. The predicted octanol–water partition coefficient (Wildman–Crippen LogP) is 3.45. The number of methoxy groups -OCH3 is 1. The fourth-order valence-electron chi connectivity index (χ4n) is 2.56. The minimum absolute atomic E-state index is 0.0926. The van der Waals surface area contributed by atoms with Crippen molar-refractivity contribution in [2.75, 3.05) is 19.0 Å². The van der Waals surface area contributed by atoms with Gasteiger partial charge in [-0.2, -0.15) is 0 Å². The van der Waals surface area contributed by atoms with Crippen molar-refractivity contribution in [3.63, 3.8) is 0 Å². The first-order valence-electron chi connectivity index (χ1n) is 8.46. The molecule has 0 unspecified atom stereocenters. The summed E-state index contributed by atoms with van der Waals surface area (Å²) in [4.78, 5) is 12.0. The van der Waals surface area contributed by atoms with Gasteiger partial charge in [-0.15, -0.1) is 0 Å². The smallest absolute Gasteiger partial charge is 0.262 e. The number of carbonyl (C=O) groups is 1. The summed E-state index contributed by atoms with van der Waals surface area (Å²) in [5.74, 6) is 0.380. The first-order chi connectivity index (χ1) is 13.0. The molecule has 0 aliphatic heterocycles. The third-order valence-corrected chi connectivity index (χ3v) is 5.37. The summed E-state index contributed by atoms with van der Waals surface area (Å²) in [5, 5.41) is 8.40. The van der Waals surface area contributed by atoms with Crippen LogP contribution in [0.5, 0.6) is 11.5 Å². The molecule has 0 heterocycles. The Balaban J connectivity index is 2.15. The third-order valence-electron chi connectivity index (χ3n) is 4.03. The van der Waals surface area contributed by atoms with Gasteiger partial charge in [-0.25, -0.2) is 13.6 Å². The standard InChI is InChI=1S/C19H23ClN2O5S/c1-11(2)14-9-15(20)12(3)7-17(14)27-10-19(23)22-13-5-6-16(26-4)18(8-13)28(21,24)25/h5-9,11H,10H2,1-4H3,(H,22,23)(H2,21,24,25). The highest BCUT2D eigenvalue weighted by atomic mass is 35.5. The van der Waals surface area contributed by atoms with Crippen molar-refractivity contribution in [2.24, 2.45) is 5.14 Å². The molecule has 0 saturated heterocycles. The molecule has 0 bridgehead atoms. The van der Waals surface area contributed by atoms with Gasteiger partial charge in [-0.05, 0) is 54.3 Å². The number of anilines is 1. The summed E-state index contributed by atoms with van der Waals surface area (Å²) in [7, 11) is -2.67. The zero-order chi connectivity index (χ0) is 21.1. The first kappa shape index (κ1) is 22.0. The Morgan fingerprint density at radius 3 is 2.46 bits per heavy atom. The molecule has 0 aliphatic carbocycles. The minimum atomic E-state index is -4.00. The Morgan fingerprint density at radius 2 is 1.89 bits per heavy atom. The van der Waals surface area contributed by atoms with Gasteiger partial charge in [0, 0.05) is 10.7 Å². The number of nitrogens with two attached hydrogens (primary N) is 1. The van der Waals surface area contributed by atoms with E-state index in [4.69, 9.17) is 26.2 Å². The number of amides is 1. The highest BCUT2D eigenvalue weighted by Gasteiger charge is 2.17. The van der Waals surface area contributed by atoms with Crippen molar-refractivity contribution in [1.29, 1.82) is 0 Å². The summed E-state index contributed by atoms with van der Waals surface area (Å²) in [6.07, 6.45) is 0. The molecule has 0 radical (unpaired) electrons. The second-order valence-corrected chi connectivity index (χ2v) is 8.48. The van der Waals surface area contributed by atoms with Crippen molar-refractivity contribution >= 4 is 33.2 Å². The number of nitrogens with one attached hydrogen (secondary N) is 1. The lowest BCUT2D eigenvalue weighted by Gasteiger charge is -2.16. The molecule has 0 spiro atoms. The van der Waals surface area contributed by atoms with Gasteiger partial charge in [-0.1, -0.05) is 25.4 Å².